The minimum atomic E-state index is -0.898. The average molecular weight is 305 g/mol. The lowest BCUT2D eigenvalue weighted by molar-refractivity contribution is -0.384. The molecule has 1 aromatic rings. The number of nitro groups is 1. The van der Waals surface area contributed by atoms with Crippen LogP contribution in [0.2, 0.25) is 0 Å². The van der Waals surface area contributed by atoms with Crippen LogP contribution in [-0.2, 0) is 9.59 Å². The highest BCUT2D eigenvalue weighted by molar-refractivity contribution is 6.42. The third kappa shape index (κ3) is 3.00. The van der Waals surface area contributed by atoms with Crippen LogP contribution >= 0.6 is 0 Å². The molecule has 1 aliphatic heterocycles. The minimum absolute atomic E-state index is 0.106. The van der Waals surface area contributed by atoms with Crippen LogP contribution in [0.5, 0.6) is 0 Å². The van der Waals surface area contributed by atoms with Crippen LogP contribution in [0.25, 0.3) is 0 Å². The third-order valence-corrected chi connectivity index (χ3v) is 3.28. The van der Waals surface area contributed by atoms with Gasteiger partial charge in [0.1, 0.15) is 5.69 Å². The maximum atomic E-state index is 11.4. The van der Waals surface area contributed by atoms with Gasteiger partial charge in [-0.05, 0) is 18.9 Å². The predicted octanol–water partition coefficient (Wildman–Crippen LogP) is 1.94. The van der Waals surface area contributed by atoms with E-state index in [0.717, 1.165) is 12.8 Å². The smallest absolute Gasteiger partial charge is 0.335 e. The first-order valence-electron chi connectivity index (χ1n) is 7.12. The number of hydrogen-bond acceptors (Lipinski definition) is 5. The van der Waals surface area contributed by atoms with Crippen LogP contribution in [0.3, 0.4) is 0 Å². The molecule has 8 heteroatoms. The van der Waals surface area contributed by atoms with E-state index in [1.54, 1.807) is 0 Å². The Hall–Kier alpha value is -2.64. The van der Waals surface area contributed by atoms with Crippen molar-refractivity contribution in [2.45, 2.75) is 26.7 Å². The first-order chi connectivity index (χ1) is 10.5. The van der Waals surface area contributed by atoms with E-state index in [4.69, 9.17) is 0 Å². The maximum Gasteiger partial charge on any atom is 0.335 e. The predicted molar refractivity (Wildman–Crippen MR) is 81.3 cm³/mol. The van der Waals surface area contributed by atoms with Gasteiger partial charge in [-0.25, -0.2) is 5.32 Å². The van der Waals surface area contributed by atoms with Crippen molar-refractivity contribution in [1.82, 2.24) is 5.32 Å². The van der Waals surface area contributed by atoms with Crippen LogP contribution in [0, 0.1) is 10.1 Å². The molecule has 117 valence electrons. The Morgan fingerprint density at radius 2 is 1.86 bits per heavy atom. The summed E-state index contributed by atoms with van der Waals surface area (Å²) in [5, 5.41) is 17.4. The van der Waals surface area contributed by atoms with Gasteiger partial charge in [0.05, 0.1) is 16.3 Å². The summed E-state index contributed by atoms with van der Waals surface area (Å²) in [6.45, 7) is 5.30. The van der Waals surface area contributed by atoms with Crippen molar-refractivity contribution < 1.29 is 14.5 Å². The van der Waals surface area contributed by atoms with Crippen molar-refractivity contribution >= 4 is 34.6 Å². The normalized spacial score (nSPS) is 13.2. The molecule has 1 aromatic carbocycles. The standard InChI is InChI=1S/C14H17N4O4/c1-3-5-17(6-4-2)11-7-9-10(8-12(11)18(21)22)16-14(20)13(19)15-9/h7-8H,3-6H2,1-2H3,(H,16,20). The fourth-order valence-electron chi connectivity index (χ4n) is 2.39. The molecule has 0 aliphatic carbocycles. The highest BCUT2D eigenvalue weighted by atomic mass is 16.6. The molecule has 2 amide bonds. The Kier molecular flexibility index (Phi) is 4.59. The molecule has 1 heterocycles. The summed E-state index contributed by atoms with van der Waals surface area (Å²) in [5.74, 6) is -1.78. The van der Waals surface area contributed by atoms with Gasteiger partial charge in [0, 0.05) is 19.2 Å². The van der Waals surface area contributed by atoms with E-state index in [2.05, 4.69) is 10.6 Å². The van der Waals surface area contributed by atoms with Gasteiger partial charge in [-0.15, -0.1) is 0 Å². The Morgan fingerprint density at radius 3 is 2.41 bits per heavy atom. The number of fused-ring (bicyclic) bond motifs is 1. The van der Waals surface area contributed by atoms with E-state index in [9.17, 15) is 19.7 Å². The molecule has 8 nitrogen and oxygen atoms in total. The van der Waals surface area contributed by atoms with Crippen molar-refractivity contribution in [2.24, 2.45) is 0 Å². The van der Waals surface area contributed by atoms with Gasteiger partial charge in [0.15, 0.2) is 0 Å². The van der Waals surface area contributed by atoms with Crippen LogP contribution < -0.4 is 15.5 Å². The SMILES string of the molecule is CCCN(CCC)c1cc2c(cc1[N+](=O)[O-])NC(=O)C(=O)[N]2. The topological polar surface area (TPSA) is 107 Å². The molecule has 0 atom stereocenters. The largest absolute Gasteiger partial charge is 0.366 e. The van der Waals surface area contributed by atoms with Gasteiger partial charge in [0.2, 0.25) is 0 Å². The molecule has 22 heavy (non-hydrogen) atoms. The molecule has 0 unspecified atom stereocenters. The van der Waals surface area contributed by atoms with Gasteiger partial charge in [-0.1, -0.05) is 13.8 Å². The van der Waals surface area contributed by atoms with E-state index in [1.807, 2.05) is 18.7 Å². The lowest BCUT2D eigenvalue weighted by Crippen LogP contribution is -2.34. The van der Waals surface area contributed by atoms with Crippen molar-refractivity contribution in [3.63, 3.8) is 0 Å². The second-order valence-corrected chi connectivity index (χ2v) is 4.97. The second kappa shape index (κ2) is 6.42. The first-order valence-corrected chi connectivity index (χ1v) is 7.12. The maximum absolute atomic E-state index is 11.4. The minimum Gasteiger partial charge on any atom is -0.366 e. The molecule has 1 N–H and O–H groups in total. The quantitative estimate of drug-likeness (QED) is 0.491. The molecule has 1 radical (unpaired) electrons. The summed E-state index contributed by atoms with van der Waals surface area (Å²) >= 11 is 0. The molecule has 2 rings (SSSR count). The molecule has 0 aromatic heterocycles. The molecular weight excluding hydrogens is 288 g/mol. The van der Waals surface area contributed by atoms with Gasteiger partial charge in [-0.2, -0.15) is 0 Å². The fraction of sp³-hybridized carbons (Fsp3) is 0.429. The van der Waals surface area contributed by atoms with Crippen molar-refractivity contribution in [2.75, 3.05) is 23.3 Å². The number of nitro benzene ring substituents is 1. The van der Waals surface area contributed by atoms with Crippen LogP contribution in [-0.4, -0.2) is 29.8 Å². The first kappa shape index (κ1) is 15.7. The molecular formula is C14H17N4O4. The molecule has 0 spiro atoms. The van der Waals surface area contributed by atoms with Crippen molar-refractivity contribution in [3.05, 3.63) is 22.2 Å². The zero-order valence-electron chi connectivity index (χ0n) is 12.5. The van der Waals surface area contributed by atoms with Crippen LogP contribution in [0.4, 0.5) is 22.7 Å². The van der Waals surface area contributed by atoms with Crippen molar-refractivity contribution in [3.8, 4) is 0 Å². The number of hydrogen-bond donors (Lipinski definition) is 1. The number of carbonyl (C=O) groups is 2. The van der Waals surface area contributed by atoms with Crippen LogP contribution in [0.15, 0.2) is 12.1 Å². The molecule has 0 saturated heterocycles. The van der Waals surface area contributed by atoms with E-state index in [-0.39, 0.29) is 17.1 Å². The number of anilines is 2. The molecule has 0 bridgehead atoms. The summed E-state index contributed by atoms with van der Waals surface area (Å²) in [5.41, 5.74) is 0.751. The van der Waals surface area contributed by atoms with Crippen LogP contribution in [0.1, 0.15) is 26.7 Å². The molecule has 1 aliphatic rings. The summed E-state index contributed by atoms with van der Waals surface area (Å²) in [6, 6.07) is 2.76. The molecule has 0 saturated carbocycles. The number of amides is 2. The number of benzene rings is 1. The van der Waals surface area contributed by atoms with Gasteiger partial charge in [0.25, 0.3) is 5.69 Å². The summed E-state index contributed by atoms with van der Waals surface area (Å²) in [6.07, 6.45) is 1.67. The highest BCUT2D eigenvalue weighted by Gasteiger charge is 2.30. The third-order valence-electron chi connectivity index (χ3n) is 3.28. The van der Waals surface area contributed by atoms with Gasteiger partial charge < -0.3 is 10.2 Å². The summed E-state index contributed by atoms with van der Waals surface area (Å²) in [4.78, 5) is 35.5. The lowest BCUT2D eigenvalue weighted by Gasteiger charge is -2.25. The van der Waals surface area contributed by atoms with Gasteiger partial charge >= 0.3 is 11.8 Å². The second-order valence-electron chi connectivity index (χ2n) is 4.97. The van der Waals surface area contributed by atoms with Gasteiger partial charge in [-0.3, -0.25) is 19.7 Å². The number of rotatable bonds is 6. The van der Waals surface area contributed by atoms with E-state index in [1.165, 1.54) is 12.1 Å². The monoisotopic (exact) mass is 305 g/mol. The number of nitrogens with one attached hydrogen (secondary N) is 1. The Bertz CT molecular complexity index is 624. The number of nitrogens with zero attached hydrogens (tertiary/aromatic N) is 3. The molecule has 0 fully saturated rings. The Labute approximate surface area is 127 Å². The van der Waals surface area contributed by atoms with Crippen molar-refractivity contribution in [1.29, 1.82) is 0 Å². The van der Waals surface area contributed by atoms with E-state index in [0.29, 0.717) is 18.8 Å². The van der Waals surface area contributed by atoms with E-state index < -0.39 is 16.7 Å². The van der Waals surface area contributed by atoms with E-state index >= 15 is 0 Å². The Morgan fingerprint density at radius 1 is 1.23 bits per heavy atom. The lowest BCUT2D eigenvalue weighted by atomic mass is 10.1. The summed E-state index contributed by atoms with van der Waals surface area (Å²) in [7, 11) is 0. The zero-order chi connectivity index (χ0) is 16.3. The number of carbonyl (C=O) groups excluding carboxylic acids is 2. The average Bonchev–Trinajstić information content (AvgIpc) is 2.47. The fourth-order valence-corrected chi connectivity index (χ4v) is 2.39. The Balaban J connectivity index is 2.52. The highest BCUT2D eigenvalue weighted by Crippen LogP contribution is 2.38. The zero-order valence-corrected chi connectivity index (χ0v) is 12.5. The summed E-state index contributed by atoms with van der Waals surface area (Å²) < 4.78 is 0.